The molecule has 0 heterocycles. The minimum Gasteiger partial charge on any atom is -0.744 e. The second kappa shape index (κ2) is 11.9. The van der Waals surface area contributed by atoms with Crippen LogP contribution in [-0.4, -0.2) is 13.0 Å². The van der Waals surface area contributed by atoms with E-state index in [2.05, 4.69) is 90.1 Å². The Bertz CT molecular complexity index is 1160. The lowest BCUT2D eigenvalue weighted by Crippen LogP contribution is -3.61. The molecule has 0 bridgehead atoms. The molecule has 0 saturated carbocycles. The van der Waals surface area contributed by atoms with E-state index < -0.39 is 26.6 Å². The average molecular weight is 615 g/mol. The zero-order valence-electron chi connectivity index (χ0n) is 21.0. The monoisotopic (exact) mass is 614 g/mol. The minimum atomic E-state index is -4.84. The van der Waals surface area contributed by atoms with Crippen molar-refractivity contribution in [3.63, 3.8) is 0 Å². The summed E-state index contributed by atoms with van der Waals surface area (Å²) >= 11 is -0.0793. The summed E-state index contributed by atoms with van der Waals surface area (Å²) in [4.78, 5) is -1.04. The van der Waals surface area contributed by atoms with Crippen LogP contribution in [0.15, 0.2) is 71.6 Å². The van der Waals surface area contributed by atoms with Crippen LogP contribution in [0.3, 0.4) is 0 Å². The van der Waals surface area contributed by atoms with Gasteiger partial charge in [0.2, 0.25) is 0 Å². The number of hydrogen-bond donors (Lipinski definition) is 0. The standard InChI is InChI=1S/C22H30I.C6H4F2O3S/c1-7-21(3,4)17-9-13-19(14-10-17)23-20-15-11-18(12-16-20)22(5,6)8-2;7-4-1-2-6(5(8)3-4)12(9,10)11/h9-16H,7-8H2,1-6H3;1-3H,(H,9,10,11)/q+1;/p-1. The summed E-state index contributed by atoms with van der Waals surface area (Å²) in [5.74, 6) is -2.30. The molecule has 0 saturated heterocycles. The highest BCUT2D eigenvalue weighted by molar-refractivity contribution is 7.85. The molecule has 0 aromatic heterocycles. The lowest BCUT2D eigenvalue weighted by atomic mass is 9.82. The van der Waals surface area contributed by atoms with Crippen molar-refractivity contribution in [1.29, 1.82) is 0 Å². The largest absolute Gasteiger partial charge is 0.744 e. The van der Waals surface area contributed by atoms with Crippen LogP contribution < -0.4 is 21.2 Å². The zero-order chi connectivity index (χ0) is 26.4. The van der Waals surface area contributed by atoms with Crippen LogP contribution >= 0.6 is 0 Å². The smallest absolute Gasteiger partial charge is 0.357 e. The first-order chi connectivity index (χ1) is 16.2. The van der Waals surface area contributed by atoms with Crippen molar-refractivity contribution >= 4 is 10.1 Å². The molecule has 0 unspecified atom stereocenters. The lowest BCUT2D eigenvalue weighted by molar-refractivity contribution is -0.597. The van der Waals surface area contributed by atoms with Crippen LogP contribution in [0.25, 0.3) is 0 Å². The maximum atomic E-state index is 12.5. The molecule has 0 aliphatic carbocycles. The van der Waals surface area contributed by atoms with Crippen molar-refractivity contribution in [3.05, 3.63) is 96.6 Å². The maximum absolute atomic E-state index is 12.5. The molecule has 0 amide bonds. The Labute approximate surface area is 219 Å². The fourth-order valence-electron chi connectivity index (χ4n) is 3.14. The van der Waals surface area contributed by atoms with Gasteiger partial charge in [-0.15, -0.1) is 0 Å². The third-order valence-corrected chi connectivity index (χ3v) is 9.95. The van der Waals surface area contributed by atoms with E-state index in [-0.39, 0.29) is 32.0 Å². The van der Waals surface area contributed by atoms with Gasteiger partial charge in [0.25, 0.3) is 0 Å². The molecule has 0 atom stereocenters. The van der Waals surface area contributed by atoms with Gasteiger partial charge in [-0.3, -0.25) is 0 Å². The SMILES string of the molecule is CCC(C)(C)c1ccc([I+]c2ccc(C(C)(C)CC)cc2)cc1.O=S(=O)([O-])c1ccc(F)cc1F. The van der Waals surface area contributed by atoms with Crippen molar-refractivity contribution in [2.75, 3.05) is 0 Å². The summed E-state index contributed by atoms with van der Waals surface area (Å²) in [6, 6.07) is 20.3. The van der Waals surface area contributed by atoms with Crippen LogP contribution in [-0.2, 0) is 20.9 Å². The van der Waals surface area contributed by atoms with Crippen molar-refractivity contribution in [3.8, 4) is 0 Å². The molecule has 0 aliphatic rings. The molecule has 7 heteroatoms. The minimum absolute atomic E-state index is 0.0793. The highest BCUT2D eigenvalue weighted by Crippen LogP contribution is 2.26. The van der Waals surface area contributed by atoms with Crippen LogP contribution in [0, 0.1) is 18.8 Å². The molecule has 3 aromatic rings. The number of rotatable bonds is 7. The number of hydrogen-bond acceptors (Lipinski definition) is 3. The predicted molar refractivity (Wildman–Crippen MR) is 131 cm³/mol. The van der Waals surface area contributed by atoms with E-state index >= 15 is 0 Å². The Morgan fingerprint density at radius 3 is 1.46 bits per heavy atom. The summed E-state index contributed by atoms with van der Waals surface area (Å²) in [5, 5.41) is 0. The molecule has 0 spiro atoms. The molecule has 0 aliphatic heterocycles. The Kier molecular flexibility index (Phi) is 10.0. The summed E-state index contributed by atoms with van der Waals surface area (Å²) in [5.41, 5.74) is 3.47. The van der Waals surface area contributed by atoms with Gasteiger partial charge in [-0.1, -0.05) is 65.8 Å². The molecule has 35 heavy (non-hydrogen) atoms. The highest BCUT2D eigenvalue weighted by Gasteiger charge is 2.22. The summed E-state index contributed by atoms with van der Waals surface area (Å²) in [6.07, 6.45) is 2.35. The van der Waals surface area contributed by atoms with E-state index in [0.29, 0.717) is 18.2 Å². The summed E-state index contributed by atoms with van der Waals surface area (Å²) in [7, 11) is -4.84. The molecule has 0 fully saturated rings. The second-order valence-corrected chi connectivity index (χ2v) is 14.0. The molecule has 190 valence electrons. The van der Waals surface area contributed by atoms with Crippen LogP contribution in [0.4, 0.5) is 8.78 Å². The Hall–Kier alpha value is -1.84. The molecular weight excluding hydrogens is 581 g/mol. The van der Waals surface area contributed by atoms with Gasteiger partial charge >= 0.3 is 21.2 Å². The highest BCUT2D eigenvalue weighted by atomic mass is 127. The summed E-state index contributed by atoms with van der Waals surface area (Å²) < 4.78 is 58.5. The van der Waals surface area contributed by atoms with Gasteiger partial charge in [-0.05, 0) is 71.2 Å². The molecular formula is C28H33F2IO3S. The Morgan fingerprint density at radius 1 is 0.743 bits per heavy atom. The van der Waals surface area contributed by atoms with Gasteiger partial charge in [0.1, 0.15) is 21.8 Å². The van der Waals surface area contributed by atoms with Gasteiger partial charge in [0.15, 0.2) is 7.14 Å². The van der Waals surface area contributed by atoms with E-state index in [4.69, 9.17) is 0 Å². The first-order valence-corrected chi connectivity index (χ1v) is 15.0. The van der Waals surface area contributed by atoms with Gasteiger partial charge in [-0.2, -0.15) is 0 Å². The third kappa shape index (κ3) is 8.36. The average Bonchev–Trinajstić information content (AvgIpc) is 2.79. The maximum Gasteiger partial charge on any atom is 0.357 e. The molecule has 0 N–H and O–H groups in total. The van der Waals surface area contributed by atoms with E-state index in [0.717, 1.165) is 0 Å². The first kappa shape index (κ1) is 29.4. The van der Waals surface area contributed by atoms with E-state index in [1.54, 1.807) is 0 Å². The van der Waals surface area contributed by atoms with Crippen molar-refractivity contribution in [2.24, 2.45) is 0 Å². The Balaban J connectivity index is 0.000000303. The van der Waals surface area contributed by atoms with Crippen LogP contribution in [0.1, 0.15) is 65.5 Å². The van der Waals surface area contributed by atoms with E-state index in [9.17, 15) is 21.8 Å². The van der Waals surface area contributed by atoms with E-state index in [1.165, 1.54) is 31.1 Å². The predicted octanol–water partition coefficient (Wildman–Crippen LogP) is 4.06. The molecule has 0 radical (unpaired) electrons. The van der Waals surface area contributed by atoms with Gasteiger partial charge in [0, 0.05) is 6.07 Å². The molecule has 3 aromatic carbocycles. The van der Waals surface area contributed by atoms with Gasteiger partial charge < -0.3 is 4.55 Å². The van der Waals surface area contributed by atoms with Crippen molar-refractivity contribution < 1.29 is 43.0 Å². The Morgan fingerprint density at radius 2 is 1.14 bits per heavy atom. The van der Waals surface area contributed by atoms with E-state index in [1.807, 2.05) is 0 Å². The number of benzene rings is 3. The fourth-order valence-corrected chi connectivity index (χ4v) is 5.83. The number of halogens is 3. The first-order valence-electron chi connectivity index (χ1n) is 11.5. The van der Waals surface area contributed by atoms with Crippen LogP contribution in [0.5, 0.6) is 0 Å². The molecule has 3 nitrogen and oxygen atoms in total. The quantitative estimate of drug-likeness (QED) is 0.298. The topological polar surface area (TPSA) is 57.2 Å². The van der Waals surface area contributed by atoms with Crippen LogP contribution in [0.2, 0.25) is 0 Å². The normalized spacial score (nSPS) is 12.1. The fraction of sp³-hybridized carbons (Fsp3) is 0.357. The zero-order valence-corrected chi connectivity index (χ0v) is 24.0. The van der Waals surface area contributed by atoms with Crippen molar-refractivity contribution in [1.82, 2.24) is 0 Å². The lowest BCUT2D eigenvalue weighted by Gasteiger charge is -2.23. The van der Waals surface area contributed by atoms with Gasteiger partial charge in [0.05, 0.1) is 4.90 Å². The second-order valence-electron chi connectivity index (χ2n) is 9.61. The summed E-state index contributed by atoms with van der Waals surface area (Å²) in [6.45, 7) is 13.8. The third-order valence-electron chi connectivity index (χ3n) is 6.40. The van der Waals surface area contributed by atoms with Gasteiger partial charge in [-0.25, -0.2) is 17.2 Å². The van der Waals surface area contributed by atoms with Crippen molar-refractivity contribution in [2.45, 2.75) is 70.1 Å². The molecule has 3 rings (SSSR count).